The van der Waals surface area contributed by atoms with E-state index in [0.29, 0.717) is 11.8 Å². The Morgan fingerprint density at radius 1 is 1.00 bits per heavy atom. The fourth-order valence-corrected chi connectivity index (χ4v) is 3.74. The Kier molecular flexibility index (Phi) is 6.14. The van der Waals surface area contributed by atoms with Gasteiger partial charge in [-0.3, -0.25) is 4.79 Å². The van der Waals surface area contributed by atoms with Crippen molar-refractivity contribution >= 4 is 5.97 Å². The Morgan fingerprint density at radius 3 is 1.91 bits per heavy atom. The molecule has 0 aliphatic heterocycles. The zero-order valence-corrected chi connectivity index (χ0v) is 16.2. The predicted octanol–water partition coefficient (Wildman–Crippen LogP) is 5.99. The molecule has 0 heterocycles. The quantitative estimate of drug-likeness (QED) is 0.583. The summed E-state index contributed by atoms with van der Waals surface area (Å²) in [7, 11) is 0. The van der Waals surface area contributed by atoms with Crippen LogP contribution in [0.1, 0.15) is 93.9 Å². The number of hydrogen-bond acceptors (Lipinski definition) is 2. The summed E-state index contributed by atoms with van der Waals surface area (Å²) in [5.74, 6) is 0.979. The third kappa shape index (κ3) is 4.49. The van der Waals surface area contributed by atoms with Crippen LogP contribution in [0.15, 0.2) is 0 Å². The van der Waals surface area contributed by atoms with E-state index in [4.69, 9.17) is 4.74 Å². The topological polar surface area (TPSA) is 26.3 Å². The van der Waals surface area contributed by atoms with E-state index < -0.39 is 5.41 Å². The molecular weight excluding hydrogens is 272 g/mol. The van der Waals surface area contributed by atoms with Gasteiger partial charge in [0.05, 0.1) is 5.41 Å². The summed E-state index contributed by atoms with van der Waals surface area (Å²) in [4.78, 5) is 13.1. The van der Waals surface area contributed by atoms with Crippen LogP contribution in [-0.2, 0) is 9.53 Å². The lowest BCUT2D eigenvalue weighted by molar-refractivity contribution is -0.183. The van der Waals surface area contributed by atoms with E-state index in [0.717, 1.165) is 6.42 Å². The van der Waals surface area contributed by atoms with Crippen molar-refractivity contribution in [1.82, 2.24) is 0 Å². The van der Waals surface area contributed by atoms with Crippen LogP contribution in [-0.4, -0.2) is 11.6 Å². The predicted molar refractivity (Wildman–Crippen MR) is 93.8 cm³/mol. The van der Waals surface area contributed by atoms with Gasteiger partial charge in [-0.15, -0.1) is 0 Å². The van der Waals surface area contributed by atoms with E-state index in [1.54, 1.807) is 0 Å². The second-order valence-electron chi connectivity index (χ2n) is 9.51. The van der Waals surface area contributed by atoms with Gasteiger partial charge in [-0.25, -0.2) is 0 Å². The van der Waals surface area contributed by atoms with Crippen LogP contribution in [0, 0.1) is 22.7 Å². The summed E-state index contributed by atoms with van der Waals surface area (Å²) in [5, 5.41) is 0. The van der Waals surface area contributed by atoms with Crippen LogP contribution in [0.2, 0.25) is 0 Å². The molecule has 130 valence electrons. The molecule has 0 radical (unpaired) electrons. The summed E-state index contributed by atoms with van der Waals surface area (Å²) in [6.45, 7) is 17.1. The van der Waals surface area contributed by atoms with Gasteiger partial charge in [0.25, 0.3) is 0 Å². The molecule has 0 saturated heterocycles. The molecule has 1 atom stereocenters. The molecule has 0 aromatic carbocycles. The third-order valence-corrected chi connectivity index (χ3v) is 5.87. The SMILES string of the molecule is CC(C)CC(C)(C(=O)OC(C)(C)C1CCCCC1)C(C)(C)C. The molecule has 1 unspecified atom stereocenters. The molecule has 1 rings (SSSR count). The summed E-state index contributed by atoms with van der Waals surface area (Å²) < 4.78 is 6.13. The Labute approximate surface area is 138 Å². The van der Waals surface area contributed by atoms with Crippen molar-refractivity contribution in [2.24, 2.45) is 22.7 Å². The number of carbonyl (C=O) groups excluding carboxylic acids is 1. The van der Waals surface area contributed by atoms with E-state index in [1.807, 2.05) is 0 Å². The van der Waals surface area contributed by atoms with E-state index in [1.165, 1.54) is 32.1 Å². The zero-order chi connectivity index (χ0) is 17.2. The standard InChI is InChI=1S/C20H38O2/c1-15(2)14-20(8,18(3,4)5)17(21)22-19(6,7)16-12-10-9-11-13-16/h15-16H,9-14H2,1-8H3. The van der Waals surface area contributed by atoms with Crippen molar-refractivity contribution in [3.8, 4) is 0 Å². The normalized spacial score (nSPS) is 20.8. The van der Waals surface area contributed by atoms with E-state index >= 15 is 0 Å². The lowest BCUT2D eigenvalue weighted by Crippen LogP contribution is -2.48. The first kappa shape index (κ1) is 19.5. The molecule has 1 aliphatic rings. The minimum absolute atomic E-state index is 0.00993. The summed E-state index contributed by atoms with van der Waals surface area (Å²) in [6, 6.07) is 0. The van der Waals surface area contributed by atoms with Crippen molar-refractivity contribution in [3.63, 3.8) is 0 Å². The first-order chi connectivity index (χ1) is 9.90. The Bertz CT molecular complexity index is 370. The van der Waals surface area contributed by atoms with Crippen molar-refractivity contribution in [2.75, 3.05) is 0 Å². The van der Waals surface area contributed by atoms with Crippen LogP contribution in [0.3, 0.4) is 0 Å². The number of esters is 1. The van der Waals surface area contributed by atoms with E-state index in [9.17, 15) is 4.79 Å². The first-order valence-corrected chi connectivity index (χ1v) is 9.13. The first-order valence-electron chi connectivity index (χ1n) is 9.13. The van der Waals surface area contributed by atoms with Gasteiger partial charge in [-0.05, 0) is 57.3 Å². The highest BCUT2D eigenvalue weighted by Crippen LogP contribution is 2.46. The average molecular weight is 311 g/mol. The number of rotatable bonds is 5. The van der Waals surface area contributed by atoms with Crippen LogP contribution in [0.25, 0.3) is 0 Å². The molecule has 22 heavy (non-hydrogen) atoms. The molecule has 0 amide bonds. The van der Waals surface area contributed by atoms with Crippen molar-refractivity contribution in [2.45, 2.75) is 99.5 Å². The molecule has 2 heteroatoms. The Morgan fingerprint density at radius 2 is 1.50 bits per heavy atom. The molecule has 1 aliphatic carbocycles. The maximum absolute atomic E-state index is 13.1. The van der Waals surface area contributed by atoms with Gasteiger partial charge in [0.2, 0.25) is 0 Å². The maximum Gasteiger partial charge on any atom is 0.312 e. The van der Waals surface area contributed by atoms with Gasteiger partial charge in [-0.2, -0.15) is 0 Å². The molecule has 0 N–H and O–H groups in total. The van der Waals surface area contributed by atoms with Crippen molar-refractivity contribution in [3.05, 3.63) is 0 Å². The van der Waals surface area contributed by atoms with Gasteiger partial charge in [0, 0.05) is 0 Å². The summed E-state index contributed by atoms with van der Waals surface area (Å²) in [6.07, 6.45) is 7.12. The molecule has 2 nitrogen and oxygen atoms in total. The molecule has 0 spiro atoms. The second kappa shape index (κ2) is 6.93. The second-order valence-corrected chi connectivity index (χ2v) is 9.51. The maximum atomic E-state index is 13.1. The molecular formula is C20H38O2. The molecule has 0 bridgehead atoms. The summed E-state index contributed by atoms with van der Waals surface area (Å²) >= 11 is 0. The van der Waals surface area contributed by atoms with Crippen LogP contribution in [0.5, 0.6) is 0 Å². The van der Waals surface area contributed by atoms with E-state index in [2.05, 4.69) is 55.4 Å². The van der Waals surface area contributed by atoms with E-state index in [-0.39, 0.29) is 17.0 Å². The lowest BCUT2D eigenvalue weighted by Gasteiger charge is -2.44. The smallest absolute Gasteiger partial charge is 0.312 e. The van der Waals surface area contributed by atoms with Gasteiger partial charge in [-0.1, -0.05) is 53.9 Å². The average Bonchev–Trinajstić information content (AvgIpc) is 2.37. The third-order valence-electron chi connectivity index (χ3n) is 5.87. The Hall–Kier alpha value is -0.530. The zero-order valence-electron chi connectivity index (χ0n) is 16.2. The van der Waals surface area contributed by atoms with Crippen LogP contribution < -0.4 is 0 Å². The summed E-state index contributed by atoms with van der Waals surface area (Å²) in [5.41, 5.74) is -0.884. The van der Waals surface area contributed by atoms with Gasteiger partial charge >= 0.3 is 5.97 Å². The minimum Gasteiger partial charge on any atom is -0.459 e. The fourth-order valence-electron chi connectivity index (χ4n) is 3.74. The fraction of sp³-hybridized carbons (Fsp3) is 0.950. The minimum atomic E-state index is -0.437. The molecule has 1 fully saturated rings. The molecule has 0 aromatic rings. The van der Waals surface area contributed by atoms with Crippen molar-refractivity contribution < 1.29 is 9.53 Å². The Balaban J connectivity index is 2.90. The number of carbonyl (C=O) groups is 1. The van der Waals surface area contributed by atoms with Crippen LogP contribution in [0.4, 0.5) is 0 Å². The van der Waals surface area contributed by atoms with Gasteiger partial charge in [0.1, 0.15) is 5.60 Å². The van der Waals surface area contributed by atoms with Crippen molar-refractivity contribution in [1.29, 1.82) is 0 Å². The molecule has 0 aromatic heterocycles. The monoisotopic (exact) mass is 310 g/mol. The highest BCUT2D eigenvalue weighted by molar-refractivity contribution is 5.77. The lowest BCUT2D eigenvalue weighted by atomic mass is 9.64. The highest BCUT2D eigenvalue weighted by Gasteiger charge is 2.48. The largest absolute Gasteiger partial charge is 0.459 e. The number of hydrogen-bond donors (Lipinski definition) is 0. The highest BCUT2D eigenvalue weighted by atomic mass is 16.6. The number of ether oxygens (including phenoxy) is 1. The van der Waals surface area contributed by atoms with Gasteiger partial charge in [0.15, 0.2) is 0 Å². The molecule has 1 saturated carbocycles. The van der Waals surface area contributed by atoms with Crippen LogP contribution >= 0.6 is 0 Å². The van der Waals surface area contributed by atoms with Gasteiger partial charge < -0.3 is 4.74 Å².